The summed E-state index contributed by atoms with van der Waals surface area (Å²) in [5, 5.41) is 2.13. The fraction of sp³-hybridized carbons (Fsp3) is 0.250. The molecule has 3 aromatic rings. The van der Waals surface area contributed by atoms with E-state index in [1.54, 1.807) is 11.3 Å². The van der Waals surface area contributed by atoms with Gasteiger partial charge in [0.25, 0.3) is 0 Å². The number of nitrogens with two attached hydrogens (primary N) is 1. The molecule has 3 N–H and O–H groups in total. The van der Waals surface area contributed by atoms with Gasteiger partial charge in [0.15, 0.2) is 4.96 Å². The molecule has 0 saturated heterocycles. The highest BCUT2D eigenvalue weighted by atomic mass is 32.1. The first-order chi connectivity index (χ1) is 8.19. The number of fused-ring (bicyclic) bond motifs is 1. The molecule has 5 heteroatoms. The first-order valence-electron chi connectivity index (χ1n) is 5.51. The molecule has 0 aliphatic heterocycles. The van der Waals surface area contributed by atoms with Gasteiger partial charge >= 0.3 is 0 Å². The van der Waals surface area contributed by atoms with Crippen molar-refractivity contribution < 1.29 is 0 Å². The van der Waals surface area contributed by atoms with Crippen LogP contribution < -0.4 is 5.73 Å². The second kappa shape index (κ2) is 3.72. The lowest BCUT2D eigenvalue weighted by Crippen LogP contribution is -1.95. The molecule has 17 heavy (non-hydrogen) atoms. The Kier molecular flexibility index (Phi) is 2.31. The van der Waals surface area contributed by atoms with Gasteiger partial charge in [0.1, 0.15) is 0 Å². The van der Waals surface area contributed by atoms with E-state index >= 15 is 0 Å². The van der Waals surface area contributed by atoms with E-state index in [4.69, 9.17) is 5.73 Å². The number of nitrogens with one attached hydrogen (secondary N) is 1. The van der Waals surface area contributed by atoms with Gasteiger partial charge in [-0.25, -0.2) is 4.98 Å². The lowest BCUT2D eigenvalue weighted by Gasteiger charge is -1.98. The number of thiazole rings is 1. The van der Waals surface area contributed by atoms with Gasteiger partial charge < -0.3 is 10.7 Å². The standard InChI is InChI=1S/C12H14N4S/c1-7-3-8(2)14-11(7)10-6-17-12-15-9(4-13)5-16(10)12/h3,5-6,14H,4,13H2,1-2H3. The minimum Gasteiger partial charge on any atom is -0.357 e. The van der Waals surface area contributed by atoms with Crippen LogP contribution in [0.15, 0.2) is 17.6 Å². The quantitative estimate of drug-likeness (QED) is 0.729. The van der Waals surface area contributed by atoms with Gasteiger partial charge in [0, 0.05) is 23.8 Å². The van der Waals surface area contributed by atoms with Gasteiger partial charge in [0.2, 0.25) is 0 Å². The summed E-state index contributed by atoms with van der Waals surface area (Å²) in [6, 6.07) is 2.15. The molecule has 0 aliphatic carbocycles. The second-order valence-electron chi connectivity index (χ2n) is 4.22. The molecular formula is C12H14N4S. The van der Waals surface area contributed by atoms with Gasteiger partial charge in [-0.1, -0.05) is 0 Å². The van der Waals surface area contributed by atoms with Crippen molar-refractivity contribution in [2.75, 3.05) is 0 Å². The Hall–Kier alpha value is -1.59. The van der Waals surface area contributed by atoms with Crippen molar-refractivity contribution >= 4 is 16.3 Å². The van der Waals surface area contributed by atoms with E-state index in [1.165, 1.54) is 11.3 Å². The van der Waals surface area contributed by atoms with Crippen molar-refractivity contribution in [3.63, 3.8) is 0 Å². The van der Waals surface area contributed by atoms with Crippen molar-refractivity contribution in [2.24, 2.45) is 5.73 Å². The summed E-state index contributed by atoms with van der Waals surface area (Å²) < 4.78 is 2.10. The molecule has 0 radical (unpaired) electrons. The van der Waals surface area contributed by atoms with Crippen LogP contribution >= 0.6 is 11.3 Å². The monoisotopic (exact) mass is 246 g/mol. The van der Waals surface area contributed by atoms with Crippen molar-refractivity contribution in [1.82, 2.24) is 14.4 Å². The van der Waals surface area contributed by atoms with E-state index in [2.05, 4.69) is 39.7 Å². The zero-order valence-corrected chi connectivity index (χ0v) is 10.6. The smallest absolute Gasteiger partial charge is 0.194 e. The van der Waals surface area contributed by atoms with E-state index in [1.807, 2.05) is 6.20 Å². The van der Waals surface area contributed by atoms with Gasteiger partial charge in [-0.15, -0.1) is 11.3 Å². The van der Waals surface area contributed by atoms with Gasteiger partial charge in [0.05, 0.1) is 17.1 Å². The van der Waals surface area contributed by atoms with Crippen LogP contribution in [0.25, 0.3) is 16.3 Å². The minimum atomic E-state index is 0.483. The zero-order valence-electron chi connectivity index (χ0n) is 9.82. The number of aromatic nitrogens is 3. The average Bonchev–Trinajstić information content (AvgIpc) is 2.91. The maximum absolute atomic E-state index is 5.62. The third-order valence-corrected chi connectivity index (χ3v) is 3.71. The van der Waals surface area contributed by atoms with Crippen molar-refractivity contribution in [3.05, 3.63) is 34.6 Å². The molecule has 0 amide bonds. The van der Waals surface area contributed by atoms with Crippen molar-refractivity contribution in [2.45, 2.75) is 20.4 Å². The topological polar surface area (TPSA) is 59.1 Å². The van der Waals surface area contributed by atoms with Crippen LogP contribution in [0.1, 0.15) is 17.0 Å². The number of nitrogens with zero attached hydrogens (tertiary/aromatic N) is 2. The highest BCUT2D eigenvalue weighted by Gasteiger charge is 2.12. The molecule has 0 saturated carbocycles. The predicted molar refractivity (Wildman–Crippen MR) is 70.2 cm³/mol. The van der Waals surface area contributed by atoms with Crippen LogP contribution in [0.2, 0.25) is 0 Å². The molecule has 3 heterocycles. The number of H-pyrrole nitrogens is 1. The molecule has 0 spiro atoms. The Labute approximate surface area is 103 Å². The van der Waals surface area contributed by atoms with E-state index in [9.17, 15) is 0 Å². The number of aryl methyl sites for hydroxylation is 2. The molecule has 0 bridgehead atoms. The second-order valence-corrected chi connectivity index (χ2v) is 5.06. The molecule has 88 valence electrons. The fourth-order valence-corrected chi connectivity index (χ4v) is 2.99. The zero-order chi connectivity index (χ0) is 12.0. The normalized spacial score (nSPS) is 11.5. The molecular weight excluding hydrogens is 232 g/mol. The third kappa shape index (κ3) is 1.59. The van der Waals surface area contributed by atoms with Crippen LogP contribution in [0.4, 0.5) is 0 Å². The first-order valence-corrected chi connectivity index (χ1v) is 6.39. The molecule has 0 aromatic carbocycles. The lowest BCUT2D eigenvalue weighted by molar-refractivity contribution is 1.02. The number of rotatable bonds is 2. The lowest BCUT2D eigenvalue weighted by atomic mass is 10.2. The molecule has 3 rings (SSSR count). The van der Waals surface area contributed by atoms with Crippen LogP contribution in [0.3, 0.4) is 0 Å². The maximum atomic E-state index is 5.62. The van der Waals surface area contributed by atoms with E-state index in [0.717, 1.165) is 22.0 Å². The SMILES string of the molecule is Cc1cc(C)c(-c2csc3nc(CN)cn23)[nH]1. The first kappa shape index (κ1) is 10.6. The molecule has 4 nitrogen and oxygen atoms in total. The summed E-state index contributed by atoms with van der Waals surface area (Å²) in [6.45, 7) is 4.67. The number of hydrogen-bond acceptors (Lipinski definition) is 3. The van der Waals surface area contributed by atoms with Crippen LogP contribution in [-0.2, 0) is 6.54 Å². The van der Waals surface area contributed by atoms with Crippen LogP contribution in [0.5, 0.6) is 0 Å². The van der Waals surface area contributed by atoms with Crippen LogP contribution in [-0.4, -0.2) is 14.4 Å². The highest BCUT2D eigenvalue weighted by Crippen LogP contribution is 2.28. The van der Waals surface area contributed by atoms with Crippen molar-refractivity contribution in [3.8, 4) is 11.4 Å². The summed E-state index contributed by atoms with van der Waals surface area (Å²) >= 11 is 1.64. The third-order valence-electron chi connectivity index (χ3n) is 2.87. The Balaban J connectivity index is 2.22. The van der Waals surface area contributed by atoms with Crippen molar-refractivity contribution in [1.29, 1.82) is 0 Å². The summed E-state index contributed by atoms with van der Waals surface area (Å²) in [5.41, 5.74) is 11.3. The van der Waals surface area contributed by atoms with Crippen LogP contribution in [0, 0.1) is 13.8 Å². The Morgan fingerprint density at radius 2 is 2.29 bits per heavy atom. The van der Waals surface area contributed by atoms with E-state index < -0.39 is 0 Å². The Morgan fingerprint density at radius 1 is 1.47 bits per heavy atom. The number of hydrogen-bond donors (Lipinski definition) is 2. The van der Waals surface area contributed by atoms with E-state index in [-0.39, 0.29) is 0 Å². The Bertz CT molecular complexity index is 674. The summed E-state index contributed by atoms with van der Waals surface area (Å²) in [7, 11) is 0. The average molecular weight is 246 g/mol. The number of aromatic amines is 1. The molecule has 0 atom stereocenters. The minimum absolute atomic E-state index is 0.483. The largest absolute Gasteiger partial charge is 0.357 e. The number of imidazole rings is 1. The highest BCUT2D eigenvalue weighted by molar-refractivity contribution is 7.15. The van der Waals surface area contributed by atoms with Gasteiger partial charge in [-0.05, 0) is 25.5 Å². The summed E-state index contributed by atoms with van der Waals surface area (Å²) in [4.78, 5) is 8.84. The molecule has 0 unspecified atom stereocenters. The maximum Gasteiger partial charge on any atom is 0.194 e. The van der Waals surface area contributed by atoms with Gasteiger partial charge in [-0.3, -0.25) is 4.40 Å². The Morgan fingerprint density at radius 3 is 2.94 bits per heavy atom. The summed E-state index contributed by atoms with van der Waals surface area (Å²) in [6.07, 6.45) is 2.01. The fourth-order valence-electron chi connectivity index (χ4n) is 2.10. The molecule has 3 aromatic heterocycles. The molecule has 0 aliphatic rings. The predicted octanol–water partition coefficient (Wildman–Crippen LogP) is 2.47. The summed E-state index contributed by atoms with van der Waals surface area (Å²) in [5.74, 6) is 0. The van der Waals surface area contributed by atoms with Gasteiger partial charge in [-0.2, -0.15) is 0 Å². The molecule has 0 fully saturated rings. The van der Waals surface area contributed by atoms with E-state index in [0.29, 0.717) is 6.54 Å².